The first-order valence-electron chi connectivity index (χ1n) is 8.70. The second-order valence-electron chi connectivity index (χ2n) is 6.23. The fourth-order valence-electron chi connectivity index (χ4n) is 2.96. The number of aryl methyl sites for hydroxylation is 2. The zero-order valence-corrected chi connectivity index (χ0v) is 14.7. The van der Waals surface area contributed by atoms with Crippen molar-refractivity contribution in [2.45, 2.75) is 52.6 Å². The molecule has 5 nitrogen and oxygen atoms in total. The summed E-state index contributed by atoms with van der Waals surface area (Å²) < 4.78 is 11.3. The molecule has 0 aliphatic carbocycles. The summed E-state index contributed by atoms with van der Waals surface area (Å²) in [7, 11) is 2.07. The molecule has 0 unspecified atom stereocenters. The zero-order valence-electron chi connectivity index (χ0n) is 14.7. The largest absolute Gasteiger partial charge is 0.461 e. The molecule has 0 aliphatic heterocycles. The van der Waals surface area contributed by atoms with Gasteiger partial charge in [0.2, 0.25) is 5.89 Å². The Labute approximate surface area is 142 Å². The fourth-order valence-corrected chi connectivity index (χ4v) is 2.96. The molecule has 0 fully saturated rings. The maximum Gasteiger partial charge on any atom is 0.240 e. The van der Waals surface area contributed by atoms with Crippen molar-refractivity contribution in [2.75, 3.05) is 7.05 Å². The lowest BCUT2D eigenvalue weighted by molar-refractivity contribution is 0.259. The standard InChI is InChI=1S/C19H25N3O2/c1-4-6-11-18-20-19(24-21-18)13-22(3)12-15-14-9-7-8-10-17(14)23-16(15)5-2/h7-10H,4-6,11-13H2,1-3H3. The van der Waals surface area contributed by atoms with Gasteiger partial charge in [0.05, 0.1) is 6.54 Å². The number of rotatable bonds is 8. The molecule has 3 rings (SSSR count). The van der Waals surface area contributed by atoms with Crippen LogP contribution in [-0.4, -0.2) is 22.1 Å². The second kappa shape index (κ2) is 7.62. The molecular weight excluding hydrogens is 302 g/mol. The molecule has 0 atom stereocenters. The molecule has 0 saturated heterocycles. The van der Waals surface area contributed by atoms with Gasteiger partial charge in [-0.15, -0.1) is 0 Å². The summed E-state index contributed by atoms with van der Waals surface area (Å²) in [5.74, 6) is 2.54. The van der Waals surface area contributed by atoms with Gasteiger partial charge in [0.15, 0.2) is 5.82 Å². The number of benzene rings is 1. The third-order valence-electron chi connectivity index (χ3n) is 4.20. The molecule has 3 aromatic rings. The monoisotopic (exact) mass is 327 g/mol. The maximum absolute atomic E-state index is 5.97. The summed E-state index contributed by atoms with van der Waals surface area (Å²) in [4.78, 5) is 6.67. The Kier molecular flexibility index (Phi) is 5.30. The number of aromatic nitrogens is 2. The van der Waals surface area contributed by atoms with E-state index in [1.54, 1.807) is 0 Å². The molecule has 2 heterocycles. The van der Waals surface area contributed by atoms with Crippen molar-refractivity contribution in [1.82, 2.24) is 15.0 Å². The Bertz CT molecular complexity index is 791. The lowest BCUT2D eigenvalue weighted by Crippen LogP contribution is -2.18. The van der Waals surface area contributed by atoms with Crippen molar-refractivity contribution in [2.24, 2.45) is 0 Å². The van der Waals surface area contributed by atoms with Crippen molar-refractivity contribution in [3.05, 3.63) is 47.3 Å². The van der Waals surface area contributed by atoms with Crippen molar-refractivity contribution < 1.29 is 8.94 Å². The molecule has 0 aliphatic rings. The van der Waals surface area contributed by atoms with Gasteiger partial charge in [0, 0.05) is 30.3 Å². The summed E-state index contributed by atoms with van der Waals surface area (Å²) in [6, 6.07) is 8.21. The van der Waals surface area contributed by atoms with E-state index in [1.165, 1.54) is 10.9 Å². The number of hydrogen-bond acceptors (Lipinski definition) is 5. The van der Waals surface area contributed by atoms with E-state index in [2.05, 4.69) is 48.1 Å². The van der Waals surface area contributed by atoms with E-state index in [1.807, 2.05) is 12.1 Å². The van der Waals surface area contributed by atoms with Crippen LogP contribution in [0.15, 0.2) is 33.2 Å². The van der Waals surface area contributed by atoms with Crippen LogP contribution in [-0.2, 0) is 25.9 Å². The predicted octanol–water partition coefficient (Wildman–Crippen LogP) is 4.35. The van der Waals surface area contributed by atoms with Gasteiger partial charge in [0.1, 0.15) is 11.3 Å². The van der Waals surface area contributed by atoms with Gasteiger partial charge in [-0.05, 0) is 19.5 Å². The molecule has 0 amide bonds. The van der Waals surface area contributed by atoms with Crippen LogP contribution in [0, 0.1) is 0 Å². The number of nitrogens with zero attached hydrogens (tertiary/aromatic N) is 3. The van der Waals surface area contributed by atoms with Gasteiger partial charge in [-0.3, -0.25) is 4.90 Å². The van der Waals surface area contributed by atoms with E-state index >= 15 is 0 Å². The van der Waals surface area contributed by atoms with Crippen LogP contribution in [0.4, 0.5) is 0 Å². The number of unbranched alkanes of at least 4 members (excludes halogenated alkanes) is 1. The minimum atomic E-state index is 0.641. The van der Waals surface area contributed by atoms with E-state index in [-0.39, 0.29) is 0 Å². The minimum Gasteiger partial charge on any atom is -0.461 e. The van der Waals surface area contributed by atoms with E-state index in [4.69, 9.17) is 8.94 Å². The summed E-state index contributed by atoms with van der Waals surface area (Å²) in [5.41, 5.74) is 2.21. The highest BCUT2D eigenvalue weighted by atomic mass is 16.5. The first-order valence-corrected chi connectivity index (χ1v) is 8.70. The lowest BCUT2D eigenvalue weighted by atomic mass is 10.1. The highest BCUT2D eigenvalue weighted by Crippen LogP contribution is 2.27. The average molecular weight is 327 g/mol. The topological polar surface area (TPSA) is 55.3 Å². The second-order valence-corrected chi connectivity index (χ2v) is 6.23. The maximum atomic E-state index is 5.97. The van der Waals surface area contributed by atoms with E-state index in [0.717, 1.165) is 49.4 Å². The molecule has 0 bridgehead atoms. The number of para-hydroxylation sites is 1. The molecule has 5 heteroatoms. The molecule has 0 saturated carbocycles. The van der Waals surface area contributed by atoms with Crippen molar-refractivity contribution in [1.29, 1.82) is 0 Å². The minimum absolute atomic E-state index is 0.641. The highest BCUT2D eigenvalue weighted by molar-refractivity contribution is 5.82. The van der Waals surface area contributed by atoms with Gasteiger partial charge in [0.25, 0.3) is 0 Å². The number of fused-ring (bicyclic) bond motifs is 1. The van der Waals surface area contributed by atoms with E-state index in [0.29, 0.717) is 12.4 Å². The SMILES string of the molecule is CCCCc1noc(CN(C)Cc2c(CC)oc3ccccc23)n1. The third-order valence-corrected chi connectivity index (χ3v) is 4.20. The van der Waals surface area contributed by atoms with Crippen LogP contribution in [0.5, 0.6) is 0 Å². The van der Waals surface area contributed by atoms with Crippen LogP contribution in [0.25, 0.3) is 11.0 Å². The Morgan fingerprint density at radius 2 is 1.96 bits per heavy atom. The zero-order chi connectivity index (χ0) is 16.9. The van der Waals surface area contributed by atoms with Crippen LogP contribution in [0.1, 0.15) is 49.7 Å². The van der Waals surface area contributed by atoms with Gasteiger partial charge >= 0.3 is 0 Å². The Morgan fingerprint density at radius 1 is 1.12 bits per heavy atom. The average Bonchev–Trinajstić information content (AvgIpc) is 3.17. The molecule has 2 aromatic heterocycles. The normalized spacial score (nSPS) is 11.7. The van der Waals surface area contributed by atoms with E-state index < -0.39 is 0 Å². The van der Waals surface area contributed by atoms with Crippen LogP contribution in [0.2, 0.25) is 0 Å². The first-order chi connectivity index (χ1) is 11.7. The lowest BCUT2D eigenvalue weighted by Gasteiger charge is -2.14. The van der Waals surface area contributed by atoms with E-state index in [9.17, 15) is 0 Å². The molecule has 1 aromatic carbocycles. The van der Waals surface area contributed by atoms with Crippen LogP contribution < -0.4 is 0 Å². The molecule has 0 spiro atoms. The Hall–Kier alpha value is -2.14. The number of hydrogen-bond donors (Lipinski definition) is 0. The molecule has 24 heavy (non-hydrogen) atoms. The summed E-state index contributed by atoms with van der Waals surface area (Å²) in [5, 5.41) is 5.25. The van der Waals surface area contributed by atoms with Gasteiger partial charge in [-0.1, -0.05) is 43.6 Å². The highest BCUT2D eigenvalue weighted by Gasteiger charge is 2.16. The van der Waals surface area contributed by atoms with Crippen molar-refractivity contribution in [3.63, 3.8) is 0 Å². The Morgan fingerprint density at radius 3 is 2.75 bits per heavy atom. The van der Waals surface area contributed by atoms with Crippen LogP contribution >= 0.6 is 0 Å². The quantitative estimate of drug-likeness (QED) is 0.615. The summed E-state index contributed by atoms with van der Waals surface area (Å²) in [6.07, 6.45) is 4.00. The van der Waals surface area contributed by atoms with Crippen molar-refractivity contribution in [3.8, 4) is 0 Å². The van der Waals surface area contributed by atoms with Gasteiger partial charge in [-0.25, -0.2) is 0 Å². The molecule has 0 radical (unpaired) electrons. The molecule has 0 N–H and O–H groups in total. The predicted molar refractivity (Wildman–Crippen MR) is 93.7 cm³/mol. The third kappa shape index (κ3) is 3.67. The summed E-state index contributed by atoms with van der Waals surface area (Å²) in [6.45, 7) is 5.73. The van der Waals surface area contributed by atoms with Crippen LogP contribution in [0.3, 0.4) is 0 Å². The van der Waals surface area contributed by atoms with Gasteiger partial charge < -0.3 is 8.94 Å². The van der Waals surface area contributed by atoms with Crippen molar-refractivity contribution >= 4 is 11.0 Å². The smallest absolute Gasteiger partial charge is 0.240 e. The summed E-state index contributed by atoms with van der Waals surface area (Å²) >= 11 is 0. The molecular formula is C19H25N3O2. The first kappa shape index (κ1) is 16.7. The number of furan rings is 1. The molecule has 128 valence electrons. The van der Waals surface area contributed by atoms with Gasteiger partial charge in [-0.2, -0.15) is 4.98 Å². The fraction of sp³-hybridized carbons (Fsp3) is 0.474. The Balaban J connectivity index is 1.70.